The van der Waals surface area contributed by atoms with E-state index in [-0.39, 0.29) is 24.6 Å². The Morgan fingerprint density at radius 2 is 1.83 bits per heavy atom. The lowest BCUT2D eigenvalue weighted by Crippen LogP contribution is -2.42. The summed E-state index contributed by atoms with van der Waals surface area (Å²) >= 11 is 0. The van der Waals surface area contributed by atoms with E-state index in [1.54, 1.807) is 31.2 Å². The second kappa shape index (κ2) is 7.70. The number of benzene rings is 1. The Bertz CT molecular complexity index is 1320. The number of fused-ring (bicyclic) bond motifs is 2. The van der Waals surface area contributed by atoms with E-state index in [1.807, 2.05) is 28.8 Å². The molecular formula is C20H20N6O3. The lowest BCUT2D eigenvalue weighted by Gasteiger charge is -2.13. The van der Waals surface area contributed by atoms with Crippen LogP contribution in [-0.2, 0) is 24.3 Å². The number of hydrogen-bond acceptors (Lipinski definition) is 5. The molecule has 0 aliphatic carbocycles. The van der Waals surface area contributed by atoms with Crippen molar-refractivity contribution >= 4 is 22.5 Å². The molecule has 4 rings (SSSR count). The third-order valence-electron chi connectivity index (χ3n) is 4.81. The highest BCUT2D eigenvalue weighted by atomic mass is 16.2. The number of aromatic nitrogens is 5. The highest BCUT2D eigenvalue weighted by molar-refractivity contribution is 5.81. The van der Waals surface area contributed by atoms with Gasteiger partial charge in [0.15, 0.2) is 5.65 Å². The van der Waals surface area contributed by atoms with Crippen LogP contribution in [0.2, 0.25) is 0 Å². The first-order valence-corrected chi connectivity index (χ1v) is 9.38. The minimum atomic E-state index is -0.491. The maximum absolute atomic E-state index is 12.7. The quantitative estimate of drug-likeness (QED) is 0.517. The van der Waals surface area contributed by atoms with Crippen LogP contribution in [0.1, 0.15) is 12.7 Å². The molecule has 148 valence electrons. The molecule has 3 heterocycles. The fourth-order valence-electron chi connectivity index (χ4n) is 3.38. The highest BCUT2D eigenvalue weighted by Gasteiger charge is 2.14. The van der Waals surface area contributed by atoms with Crippen molar-refractivity contribution in [1.29, 1.82) is 0 Å². The number of pyridine rings is 1. The molecule has 1 N–H and O–H groups in total. The van der Waals surface area contributed by atoms with Crippen LogP contribution < -0.4 is 16.6 Å². The first kappa shape index (κ1) is 18.6. The Hall–Kier alpha value is -3.75. The van der Waals surface area contributed by atoms with E-state index in [4.69, 9.17) is 0 Å². The molecule has 9 nitrogen and oxygen atoms in total. The standard InChI is InChI=1S/C20H20N6O3/c1-2-24-19(28)14-7-3-4-8-15(14)26(20(24)29)13-18(27)21-11-10-17-23-22-16-9-5-6-12-25(16)17/h3-9,12H,2,10-11,13H2,1H3,(H,21,27). The van der Waals surface area contributed by atoms with Gasteiger partial charge in [-0.25, -0.2) is 4.79 Å². The van der Waals surface area contributed by atoms with Crippen LogP contribution in [0.4, 0.5) is 0 Å². The zero-order valence-corrected chi connectivity index (χ0v) is 15.9. The van der Waals surface area contributed by atoms with Crippen LogP contribution in [-0.4, -0.2) is 36.2 Å². The summed E-state index contributed by atoms with van der Waals surface area (Å²) in [6.07, 6.45) is 2.37. The monoisotopic (exact) mass is 392 g/mol. The normalized spacial score (nSPS) is 11.2. The number of rotatable bonds is 6. The molecule has 1 amide bonds. The maximum atomic E-state index is 12.7. The second-order valence-electron chi connectivity index (χ2n) is 6.58. The number of hydrogen-bond donors (Lipinski definition) is 1. The van der Waals surface area contributed by atoms with Gasteiger partial charge in [0.2, 0.25) is 5.91 Å². The summed E-state index contributed by atoms with van der Waals surface area (Å²) in [5.74, 6) is 0.426. The van der Waals surface area contributed by atoms with Crippen LogP contribution in [0.3, 0.4) is 0 Å². The summed E-state index contributed by atoms with van der Waals surface area (Å²) in [7, 11) is 0. The number of amides is 1. The smallest absolute Gasteiger partial charge is 0.331 e. The average Bonchev–Trinajstić information content (AvgIpc) is 3.15. The Balaban J connectivity index is 1.52. The van der Waals surface area contributed by atoms with E-state index < -0.39 is 5.69 Å². The minimum Gasteiger partial charge on any atom is -0.354 e. The summed E-state index contributed by atoms with van der Waals surface area (Å²) in [6, 6.07) is 12.4. The molecule has 1 aromatic carbocycles. The van der Waals surface area contributed by atoms with Gasteiger partial charge in [-0.1, -0.05) is 18.2 Å². The number of nitrogens with zero attached hydrogens (tertiary/aromatic N) is 5. The molecule has 0 aliphatic heterocycles. The van der Waals surface area contributed by atoms with Crippen molar-refractivity contribution in [2.24, 2.45) is 0 Å². The fourth-order valence-corrected chi connectivity index (χ4v) is 3.38. The van der Waals surface area contributed by atoms with Crippen molar-refractivity contribution in [3.63, 3.8) is 0 Å². The summed E-state index contributed by atoms with van der Waals surface area (Å²) in [5, 5.41) is 11.4. The molecule has 9 heteroatoms. The number of carbonyl (C=O) groups excluding carboxylic acids is 1. The van der Waals surface area contributed by atoms with Crippen LogP contribution in [0, 0.1) is 0 Å². The Kier molecular flexibility index (Phi) is 4.94. The van der Waals surface area contributed by atoms with E-state index in [1.165, 1.54) is 4.57 Å². The van der Waals surface area contributed by atoms with E-state index in [0.29, 0.717) is 23.9 Å². The SMILES string of the molecule is CCn1c(=O)c2ccccc2n(CC(=O)NCCc2nnc3ccccn23)c1=O. The molecular weight excluding hydrogens is 372 g/mol. The van der Waals surface area contributed by atoms with Gasteiger partial charge in [-0.2, -0.15) is 0 Å². The largest absolute Gasteiger partial charge is 0.354 e. The van der Waals surface area contributed by atoms with E-state index in [9.17, 15) is 14.4 Å². The van der Waals surface area contributed by atoms with Crippen molar-refractivity contribution in [3.8, 4) is 0 Å². The van der Waals surface area contributed by atoms with Crippen molar-refractivity contribution in [2.45, 2.75) is 26.4 Å². The number of nitrogens with one attached hydrogen (secondary N) is 1. The Morgan fingerprint density at radius 3 is 2.66 bits per heavy atom. The van der Waals surface area contributed by atoms with Gasteiger partial charge >= 0.3 is 5.69 Å². The summed E-state index contributed by atoms with van der Waals surface area (Å²) in [5.41, 5.74) is 0.359. The zero-order valence-electron chi connectivity index (χ0n) is 15.9. The maximum Gasteiger partial charge on any atom is 0.331 e. The predicted molar refractivity (Wildman–Crippen MR) is 108 cm³/mol. The van der Waals surface area contributed by atoms with Gasteiger partial charge in [0.25, 0.3) is 5.56 Å². The molecule has 0 saturated carbocycles. The minimum absolute atomic E-state index is 0.166. The Morgan fingerprint density at radius 1 is 1.03 bits per heavy atom. The van der Waals surface area contributed by atoms with Gasteiger partial charge < -0.3 is 5.32 Å². The summed E-state index contributed by atoms with van der Waals surface area (Å²) < 4.78 is 4.33. The lowest BCUT2D eigenvalue weighted by atomic mass is 10.2. The van der Waals surface area contributed by atoms with Crippen molar-refractivity contribution in [1.82, 2.24) is 29.0 Å². The van der Waals surface area contributed by atoms with Gasteiger partial charge in [0, 0.05) is 25.7 Å². The van der Waals surface area contributed by atoms with Gasteiger partial charge in [-0.15, -0.1) is 10.2 Å². The molecule has 0 unspecified atom stereocenters. The van der Waals surface area contributed by atoms with E-state index in [0.717, 1.165) is 16.0 Å². The molecule has 29 heavy (non-hydrogen) atoms. The van der Waals surface area contributed by atoms with Gasteiger partial charge in [0.1, 0.15) is 12.4 Å². The van der Waals surface area contributed by atoms with Crippen LogP contribution in [0.15, 0.2) is 58.3 Å². The van der Waals surface area contributed by atoms with Crippen molar-refractivity contribution < 1.29 is 4.79 Å². The summed E-state index contributed by atoms with van der Waals surface area (Å²) in [4.78, 5) is 37.6. The van der Waals surface area contributed by atoms with Crippen molar-refractivity contribution in [3.05, 3.63) is 75.3 Å². The molecule has 0 saturated heterocycles. The summed E-state index contributed by atoms with van der Waals surface area (Å²) in [6.45, 7) is 2.16. The molecule has 0 radical (unpaired) electrons. The zero-order chi connectivity index (χ0) is 20.4. The van der Waals surface area contributed by atoms with E-state index in [2.05, 4.69) is 15.5 Å². The van der Waals surface area contributed by atoms with Crippen LogP contribution in [0.5, 0.6) is 0 Å². The van der Waals surface area contributed by atoms with Crippen LogP contribution >= 0.6 is 0 Å². The first-order valence-electron chi connectivity index (χ1n) is 9.38. The van der Waals surface area contributed by atoms with Crippen molar-refractivity contribution in [2.75, 3.05) is 6.54 Å². The van der Waals surface area contributed by atoms with Gasteiger partial charge in [-0.05, 0) is 31.2 Å². The van der Waals surface area contributed by atoms with Gasteiger partial charge in [0.05, 0.1) is 10.9 Å². The second-order valence-corrected chi connectivity index (χ2v) is 6.58. The van der Waals surface area contributed by atoms with Gasteiger partial charge in [-0.3, -0.25) is 23.1 Å². The molecule has 4 aromatic rings. The average molecular weight is 392 g/mol. The molecule has 0 atom stereocenters. The topological polar surface area (TPSA) is 103 Å². The molecule has 0 spiro atoms. The fraction of sp³-hybridized carbons (Fsp3) is 0.250. The molecule has 0 aliphatic rings. The number of carbonyl (C=O) groups is 1. The van der Waals surface area contributed by atoms with E-state index >= 15 is 0 Å². The molecule has 0 bridgehead atoms. The highest BCUT2D eigenvalue weighted by Crippen LogP contribution is 2.07. The number of para-hydroxylation sites is 1. The molecule has 0 fully saturated rings. The third-order valence-corrected chi connectivity index (χ3v) is 4.81. The lowest BCUT2D eigenvalue weighted by molar-refractivity contribution is -0.121. The first-order chi connectivity index (χ1) is 14.1. The molecule has 3 aromatic heterocycles. The predicted octanol–water partition coefficient (Wildman–Crippen LogP) is 0.585. The Labute approximate surface area is 165 Å². The third kappa shape index (κ3) is 3.42. The van der Waals surface area contributed by atoms with Crippen LogP contribution in [0.25, 0.3) is 16.6 Å².